The van der Waals surface area contributed by atoms with Crippen LogP contribution in [-0.4, -0.2) is 9.81 Å². The van der Waals surface area contributed by atoms with E-state index in [1.165, 1.54) is 24.1 Å². The first-order valence-corrected chi connectivity index (χ1v) is 5.69. The number of nitrogens with zero attached hydrogens (tertiary/aromatic N) is 1. The summed E-state index contributed by atoms with van der Waals surface area (Å²) >= 11 is 3.66. The Morgan fingerprint density at radius 1 is 1.54 bits per heavy atom. The maximum atomic E-state index is 4.33. The average Bonchev–Trinajstić information content (AvgIpc) is 2.04. The fourth-order valence-corrected chi connectivity index (χ4v) is 2.14. The highest BCUT2D eigenvalue weighted by Crippen LogP contribution is 2.13. The Balaban J connectivity index is 2.53. The molecule has 72 valence electrons. The van der Waals surface area contributed by atoms with Crippen molar-refractivity contribution in [1.82, 2.24) is 4.98 Å². The molecule has 0 aliphatic rings. The van der Waals surface area contributed by atoms with Gasteiger partial charge in [0.1, 0.15) is 0 Å². The van der Waals surface area contributed by atoms with E-state index in [4.69, 9.17) is 0 Å². The van der Waals surface area contributed by atoms with Gasteiger partial charge in [-0.1, -0.05) is 29.3 Å². The average molecular weight is 242 g/mol. The van der Waals surface area contributed by atoms with Gasteiger partial charge in [-0.2, -0.15) is 0 Å². The molecule has 1 aromatic heterocycles. The summed E-state index contributed by atoms with van der Waals surface area (Å²) in [5, 5.41) is 0. The minimum atomic E-state index is 0.576. The molecule has 0 aliphatic heterocycles. The zero-order chi connectivity index (χ0) is 9.68. The zero-order valence-electron chi connectivity index (χ0n) is 8.26. The zero-order valence-corrected chi connectivity index (χ0v) is 9.84. The van der Waals surface area contributed by atoms with Gasteiger partial charge in [0.25, 0.3) is 0 Å². The molecule has 1 nitrogen and oxygen atoms in total. The summed E-state index contributed by atoms with van der Waals surface area (Å²) in [5.74, 6) is 0. The summed E-state index contributed by atoms with van der Waals surface area (Å²) in [5.41, 5.74) is 2.48. The molecule has 0 saturated heterocycles. The van der Waals surface area contributed by atoms with Crippen LogP contribution in [0.1, 0.15) is 31.0 Å². The Bertz CT molecular complexity index is 260. The van der Waals surface area contributed by atoms with Crippen molar-refractivity contribution in [3.63, 3.8) is 0 Å². The maximum absolute atomic E-state index is 4.33. The van der Waals surface area contributed by atoms with Crippen molar-refractivity contribution in [3.05, 3.63) is 29.6 Å². The highest BCUT2D eigenvalue weighted by Gasteiger charge is 2.04. The molecule has 2 heteroatoms. The lowest BCUT2D eigenvalue weighted by atomic mass is 10.1. The predicted octanol–water partition coefficient (Wildman–Crippen LogP) is 3.50. The fourth-order valence-electron chi connectivity index (χ4n) is 1.35. The molecule has 1 atom stereocenters. The van der Waals surface area contributed by atoms with Gasteiger partial charge in [0.05, 0.1) is 0 Å². The Morgan fingerprint density at radius 3 is 2.92 bits per heavy atom. The van der Waals surface area contributed by atoms with Crippen LogP contribution >= 0.6 is 15.9 Å². The topological polar surface area (TPSA) is 12.9 Å². The first kappa shape index (κ1) is 10.7. The molecule has 0 amide bonds. The quantitative estimate of drug-likeness (QED) is 0.736. The SMILES string of the molecule is CCCC(Br)Cc1cc(C)ccn1. The molecule has 1 heterocycles. The van der Waals surface area contributed by atoms with Gasteiger partial charge in [0.15, 0.2) is 0 Å². The molecule has 0 aromatic carbocycles. The van der Waals surface area contributed by atoms with Crippen molar-refractivity contribution in [2.24, 2.45) is 0 Å². The molecule has 0 fully saturated rings. The minimum Gasteiger partial charge on any atom is -0.261 e. The van der Waals surface area contributed by atoms with E-state index >= 15 is 0 Å². The van der Waals surface area contributed by atoms with Gasteiger partial charge < -0.3 is 0 Å². The van der Waals surface area contributed by atoms with Crippen LogP contribution in [0.4, 0.5) is 0 Å². The van der Waals surface area contributed by atoms with Crippen molar-refractivity contribution in [1.29, 1.82) is 0 Å². The van der Waals surface area contributed by atoms with Gasteiger partial charge in [-0.25, -0.2) is 0 Å². The second-order valence-corrected chi connectivity index (χ2v) is 4.71. The van der Waals surface area contributed by atoms with Crippen LogP contribution in [0.3, 0.4) is 0 Å². The second-order valence-electron chi connectivity index (χ2n) is 3.41. The minimum absolute atomic E-state index is 0.576. The van der Waals surface area contributed by atoms with Crippen LogP contribution in [0.25, 0.3) is 0 Å². The van der Waals surface area contributed by atoms with E-state index in [0.29, 0.717) is 4.83 Å². The Labute approximate surface area is 88.7 Å². The van der Waals surface area contributed by atoms with E-state index in [9.17, 15) is 0 Å². The van der Waals surface area contributed by atoms with Crippen molar-refractivity contribution < 1.29 is 0 Å². The van der Waals surface area contributed by atoms with Gasteiger partial charge in [-0.05, 0) is 31.0 Å². The first-order valence-electron chi connectivity index (χ1n) is 4.78. The van der Waals surface area contributed by atoms with Gasteiger partial charge in [-0.15, -0.1) is 0 Å². The lowest BCUT2D eigenvalue weighted by molar-refractivity contribution is 0.734. The van der Waals surface area contributed by atoms with Crippen molar-refractivity contribution >= 4 is 15.9 Å². The van der Waals surface area contributed by atoms with E-state index < -0.39 is 0 Å². The van der Waals surface area contributed by atoms with Crippen LogP contribution in [0.5, 0.6) is 0 Å². The Hall–Kier alpha value is -0.370. The Morgan fingerprint density at radius 2 is 2.31 bits per heavy atom. The molecule has 13 heavy (non-hydrogen) atoms. The number of hydrogen-bond donors (Lipinski definition) is 0. The third-order valence-corrected chi connectivity index (χ3v) is 2.79. The van der Waals surface area contributed by atoms with Gasteiger partial charge in [-0.3, -0.25) is 4.98 Å². The molecule has 0 aliphatic carbocycles. The number of hydrogen-bond acceptors (Lipinski definition) is 1. The number of alkyl halides is 1. The van der Waals surface area contributed by atoms with Gasteiger partial charge >= 0.3 is 0 Å². The first-order chi connectivity index (χ1) is 6.22. The molecule has 1 rings (SSSR count). The predicted molar refractivity (Wildman–Crippen MR) is 60.3 cm³/mol. The number of rotatable bonds is 4. The van der Waals surface area contributed by atoms with E-state index in [-0.39, 0.29) is 0 Å². The summed E-state index contributed by atoms with van der Waals surface area (Å²) in [7, 11) is 0. The van der Waals surface area contributed by atoms with Gasteiger partial charge in [0.2, 0.25) is 0 Å². The third kappa shape index (κ3) is 3.90. The summed E-state index contributed by atoms with van der Waals surface area (Å²) in [6.07, 6.45) is 5.36. The van der Waals surface area contributed by atoms with Crippen molar-refractivity contribution in [3.8, 4) is 0 Å². The molecule has 0 saturated carbocycles. The van der Waals surface area contributed by atoms with Crippen molar-refractivity contribution in [2.75, 3.05) is 0 Å². The molecule has 1 unspecified atom stereocenters. The Kier molecular flexibility index (Phi) is 4.43. The third-order valence-electron chi connectivity index (χ3n) is 2.00. The largest absolute Gasteiger partial charge is 0.261 e. The van der Waals surface area contributed by atoms with Crippen LogP contribution in [0.2, 0.25) is 0 Å². The summed E-state index contributed by atoms with van der Waals surface area (Å²) in [4.78, 5) is 4.91. The summed E-state index contributed by atoms with van der Waals surface area (Å²) < 4.78 is 0. The normalized spacial score (nSPS) is 12.8. The van der Waals surface area contributed by atoms with Crippen LogP contribution in [0, 0.1) is 6.92 Å². The molecule has 0 radical (unpaired) electrons. The molecular weight excluding hydrogens is 226 g/mol. The summed E-state index contributed by atoms with van der Waals surface area (Å²) in [6, 6.07) is 4.19. The summed E-state index contributed by atoms with van der Waals surface area (Å²) in [6.45, 7) is 4.31. The molecular formula is C11H16BrN. The van der Waals surface area contributed by atoms with E-state index in [0.717, 1.165) is 6.42 Å². The fraction of sp³-hybridized carbons (Fsp3) is 0.545. The lowest BCUT2D eigenvalue weighted by Gasteiger charge is -2.07. The van der Waals surface area contributed by atoms with Crippen molar-refractivity contribution in [2.45, 2.75) is 37.9 Å². The highest BCUT2D eigenvalue weighted by atomic mass is 79.9. The standard InChI is InChI=1S/C11H16BrN/c1-3-4-10(12)8-11-7-9(2)5-6-13-11/h5-7,10H,3-4,8H2,1-2H3. The van der Waals surface area contributed by atoms with Crippen LogP contribution < -0.4 is 0 Å². The molecule has 0 bridgehead atoms. The van der Waals surface area contributed by atoms with Crippen LogP contribution in [-0.2, 0) is 6.42 Å². The second kappa shape index (κ2) is 5.38. The monoisotopic (exact) mass is 241 g/mol. The number of aromatic nitrogens is 1. The van der Waals surface area contributed by atoms with Gasteiger partial charge in [0, 0.05) is 23.1 Å². The van der Waals surface area contributed by atoms with E-state index in [1.54, 1.807) is 0 Å². The lowest BCUT2D eigenvalue weighted by Crippen LogP contribution is -2.03. The maximum Gasteiger partial charge on any atom is 0.0417 e. The van der Waals surface area contributed by atoms with Crippen LogP contribution in [0.15, 0.2) is 18.3 Å². The highest BCUT2D eigenvalue weighted by molar-refractivity contribution is 9.09. The van der Waals surface area contributed by atoms with E-state index in [2.05, 4.69) is 40.8 Å². The smallest absolute Gasteiger partial charge is 0.0417 e. The molecule has 1 aromatic rings. The molecule has 0 spiro atoms. The van der Waals surface area contributed by atoms with E-state index in [1.807, 2.05) is 12.3 Å². The number of halogens is 1. The molecule has 0 N–H and O–H groups in total. The number of aryl methyl sites for hydroxylation is 1. The number of pyridine rings is 1.